The van der Waals surface area contributed by atoms with Gasteiger partial charge < -0.3 is 5.32 Å². The molecule has 2 amide bonds. The van der Waals surface area contributed by atoms with E-state index in [9.17, 15) is 9.59 Å². The third-order valence-corrected chi connectivity index (χ3v) is 7.26. The van der Waals surface area contributed by atoms with Crippen LogP contribution in [0.25, 0.3) is 0 Å². The van der Waals surface area contributed by atoms with E-state index in [1.165, 1.54) is 17.3 Å². The van der Waals surface area contributed by atoms with Crippen LogP contribution in [-0.2, 0) is 9.59 Å². The van der Waals surface area contributed by atoms with E-state index in [1.807, 2.05) is 52.0 Å². The Labute approximate surface area is 199 Å². The SMILES string of the molecule is CCC[C@@H]1N=C2c3ccccc3N=C(S[C@@H](CC)C(=O)Nc3c(C)cc(C)cc3C)N2C1=O. The first-order valence-electron chi connectivity index (χ1n) is 11.5. The van der Waals surface area contributed by atoms with Gasteiger partial charge in [0, 0.05) is 11.3 Å². The third kappa shape index (κ3) is 4.47. The van der Waals surface area contributed by atoms with Gasteiger partial charge in [-0.2, -0.15) is 0 Å². The van der Waals surface area contributed by atoms with Crippen LogP contribution in [0.1, 0.15) is 55.4 Å². The summed E-state index contributed by atoms with van der Waals surface area (Å²) in [6, 6.07) is 11.5. The van der Waals surface area contributed by atoms with Gasteiger partial charge in [-0.25, -0.2) is 9.89 Å². The molecule has 1 N–H and O–H groups in total. The van der Waals surface area contributed by atoms with Crippen molar-refractivity contribution >= 4 is 46.0 Å². The number of thioether (sulfide) groups is 1. The van der Waals surface area contributed by atoms with Gasteiger partial charge in [0.2, 0.25) is 5.91 Å². The number of aryl methyl sites for hydroxylation is 3. The maximum absolute atomic E-state index is 13.3. The summed E-state index contributed by atoms with van der Waals surface area (Å²) < 4.78 is 0. The van der Waals surface area contributed by atoms with Crippen molar-refractivity contribution in [3.05, 3.63) is 58.7 Å². The van der Waals surface area contributed by atoms with Crippen LogP contribution >= 0.6 is 11.8 Å². The van der Waals surface area contributed by atoms with Crippen LogP contribution in [-0.4, -0.2) is 39.0 Å². The van der Waals surface area contributed by atoms with E-state index >= 15 is 0 Å². The van der Waals surface area contributed by atoms with Crippen molar-refractivity contribution in [2.45, 2.75) is 65.2 Å². The number of amidine groups is 2. The fraction of sp³-hybridized carbons (Fsp3) is 0.385. The molecule has 7 heteroatoms. The minimum absolute atomic E-state index is 0.0620. The van der Waals surface area contributed by atoms with Gasteiger partial charge in [0.15, 0.2) is 5.17 Å². The number of aliphatic imine (C=N–C) groups is 2. The summed E-state index contributed by atoms with van der Waals surface area (Å²) >= 11 is 1.33. The second kappa shape index (κ2) is 9.51. The Morgan fingerprint density at radius 1 is 1.15 bits per heavy atom. The van der Waals surface area contributed by atoms with Crippen molar-refractivity contribution in [3.63, 3.8) is 0 Å². The highest BCUT2D eigenvalue weighted by atomic mass is 32.2. The molecule has 2 aliphatic rings. The van der Waals surface area contributed by atoms with E-state index in [0.29, 0.717) is 23.8 Å². The van der Waals surface area contributed by atoms with E-state index in [2.05, 4.69) is 24.4 Å². The standard InChI is InChI=1S/C26H30N4O2S/c1-6-10-20-25(32)30-23(27-20)18-11-8-9-12-19(18)28-26(30)33-21(7-2)24(31)29-22-16(4)13-15(3)14-17(22)5/h8-9,11-14,20-21H,6-7,10H2,1-5H3,(H,29,31)/t20-,21-/m0/s1. The molecule has 2 heterocycles. The predicted molar refractivity (Wildman–Crippen MR) is 137 cm³/mol. The molecule has 2 aromatic carbocycles. The first-order chi connectivity index (χ1) is 15.8. The normalized spacial score (nSPS) is 17.8. The number of carbonyl (C=O) groups excluding carboxylic acids is 2. The Bertz CT molecular complexity index is 1150. The quantitative estimate of drug-likeness (QED) is 0.614. The number of fused-ring (bicyclic) bond motifs is 3. The van der Waals surface area contributed by atoms with E-state index in [-0.39, 0.29) is 11.8 Å². The molecular weight excluding hydrogens is 432 g/mol. The van der Waals surface area contributed by atoms with Gasteiger partial charge in [-0.15, -0.1) is 0 Å². The van der Waals surface area contributed by atoms with Crippen LogP contribution in [0.15, 0.2) is 46.4 Å². The lowest BCUT2D eigenvalue weighted by molar-refractivity contribution is -0.124. The zero-order chi connectivity index (χ0) is 23.7. The van der Waals surface area contributed by atoms with E-state index in [1.54, 1.807) is 4.90 Å². The molecule has 2 aromatic rings. The summed E-state index contributed by atoms with van der Waals surface area (Å²) in [5.41, 5.74) is 5.73. The topological polar surface area (TPSA) is 74.1 Å². The highest BCUT2D eigenvalue weighted by Crippen LogP contribution is 2.36. The predicted octanol–water partition coefficient (Wildman–Crippen LogP) is 5.52. The van der Waals surface area contributed by atoms with Gasteiger partial charge in [-0.3, -0.25) is 14.6 Å². The second-order valence-corrected chi connectivity index (χ2v) is 9.79. The van der Waals surface area contributed by atoms with Crippen LogP contribution in [0, 0.1) is 20.8 Å². The van der Waals surface area contributed by atoms with E-state index < -0.39 is 11.3 Å². The van der Waals surface area contributed by atoms with Crippen molar-refractivity contribution < 1.29 is 9.59 Å². The lowest BCUT2D eigenvalue weighted by Gasteiger charge is -2.27. The molecule has 0 bridgehead atoms. The molecule has 0 fully saturated rings. The first-order valence-corrected chi connectivity index (χ1v) is 12.4. The summed E-state index contributed by atoms with van der Waals surface area (Å²) in [5.74, 6) is 0.495. The number of carbonyl (C=O) groups is 2. The Balaban J connectivity index is 1.63. The van der Waals surface area contributed by atoms with Crippen LogP contribution < -0.4 is 5.32 Å². The van der Waals surface area contributed by atoms with Crippen molar-refractivity contribution in [3.8, 4) is 0 Å². The van der Waals surface area contributed by atoms with E-state index in [4.69, 9.17) is 9.98 Å². The number of para-hydroxylation sites is 1. The maximum atomic E-state index is 13.3. The molecule has 2 atom stereocenters. The Morgan fingerprint density at radius 3 is 2.52 bits per heavy atom. The molecule has 0 aliphatic carbocycles. The molecule has 0 radical (unpaired) electrons. The molecule has 2 aliphatic heterocycles. The average Bonchev–Trinajstić information content (AvgIpc) is 3.11. The average molecular weight is 463 g/mol. The number of nitrogens with zero attached hydrogens (tertiary/aromatic N) is 3. The Hall–Kier alpha value is -2.93. The number of nitrogens with one attached hydrogen (secondary N) is 1. The molecule has 4 rings (SSSR count). The number of hydrogen-bond donors (Lipinski definition) is 1. The highest BCUT2D eigenvalue weighted by molar-refractivity contribution is 8.15. The summed E-state index contributed by atoms with van der Waals surface area (Å²) in [6.07, 6.45) is 2.17. The van der Waals surface area contributed by atoms with Crippen molar-refractivity contribution in [1.82, 2.24) is 4.90 Å². The zero-order valence-corrected chi connectivity index (χ0v) is 20.6. The molecule has 0 saturated carbocycles. The van der Waals surface area contributed by atoms with Crippen molar-refractivity contribution in [2.24, 2.45) is 9.98 Å². The number of rotatable bonds is 6. The van der Waals surface area contributed by atoms with Crippen LogP contribution in [0.4, 0.5) is 11.4 Å². The molecule has 33 heavy (non-hydrogen) atoms. The zero-order valence-electron chi connectivity index (χ0n) is 19.8. The largest absolute Gasteiger partial charge is 0.325 e. The lowest BCUT2D eigenvalue weighted by atomic mass is 10.0. The molecule has 0 saturated heterocycles. The Kier molecular flexibility index (Phi) is 6.70. The summed E-state index contributed by atoms with van der Waals surface area (Å²) in [5, 5.41) is 3.25. The van der Waals surface area contributed by atoms with E-state index in [0.717, 1.165) is 34.5 Å². The molecular formula is C26H30N4O2S. The van der Waals surface area contributed by atoms with Crippen molar-refractivity contribution in [2.75, 3.05) is 5.32 Å². The monoisotopic (exact) mass is 462 g/mol. The molecule has 172 valence electrons. The summed E-state index contributed by atoms with van der Waals surface area (Å²) in [7, 11) is 0. The molecule has 0 spiro atoms. The summed E-state index contributed by atoms with van der Waals surface area (Å²) in [6.45, 7) is 10.1. The van der Waals surface area contributed by atoms with Crippen LogP contribution in [0.2, 0.25) is 0 Å². The molecule has 0 aromatic heterocycles. The first kappa shape index (κ1) is 23.2. The second-order valence-electron chi connectivity index (χ2n) is 8.62. The summed E-state index contributed by atoms with van der Waals surface area (Å²) in [4.78, 5) is 37.6. The number of anilines is 1. The minimum Gasteiger partial charge on any atom is -0.325 e. The van der Waals surface area contributed by atoms with Gasteiger partial charge in [0.25, 0.3) is 5.91 Å². The molecule has 6 nitrogen and oxygen atoms in total. The number of amides is 2. The highest BCUT2D eigenvalue weighted by Gasteiger charge is 2.42. The van der Waals surface area contributed by atoms with Gasteiger partial charge in [-0.05, 0) is 56.9 Å². The smallest absolute Gasteiger partial charge is 0.259 e. The lowest BCUT2D eigenvalue weighted by Crippen LogP contribution is -2.42. The number of hydrogen-bond acceptors (Lipinski definition) is 5. The molecule has 0 unspecified atom stereocenters. The Morgan fingerprint density at radius 2 is 1.85 bits per heavy atom. The fourth-order valence-corrected chi connectivity index (χ4v) is 5.39. The van der Waals surface area contributed by atoms with Gasteiger partial charge >= 0.3 is 0 Å². The number of benzene rings is 2. The van der Waals surface area contributed by atoms with Gasteiger partial charge in [-0.1, -0.05) is 61.9 Å². The van der Waals surface area contributed by atoms with Crippen molar-refractivity contribution in [1.29, 1.82) is 0 Å². The fourth-order valence-electron chi connectivity index (χ4n) is 4.37. The third-order valence-electron chi connectivity index (χ3n) is 5.95. The maximum Gasteiger partial charge on any atom is 0.259 e. The van der Waals surface area contributed by atoms with Crippen LogP contribution in [0.3, 0.4) is 0 Å². The minimum atomic E-state index is -0.395. The van der Waals surface area contributed by atoms with Crippen LogP contribution in [0.5, 0.6) is 0 Å². The van der Waals surface area contributed by atoms with Gasteiger partial charge in [0.1, 0.15) is 11.9 Å². The van der Waals surface area contributed by atoms with Gasteiger partial charge in [0.05, 0.1) is 10.9 Å².